The molecular weight excluding hydrogens is 260 g/mol. The first-order valence-electron chi connectivity index (χ1n) is 6.73. The molecule has 0 bridgehead atoms. The van der Waals surface area contributed by atoms with Crippen LogP contribution in [0.1, 0.15) is 37.7 Å². The molecule has 1 aliphatic rings. The number of rotatable bonds is 6. The van der Waals surface area contributed by atoms with Gasteiger partial charge in [-0.3, -0.25) is 10.1 Å². The van der Waals surface area contributed by atoms with Crippen LogP contribution in [0.5, 0.6) is 0 Å². The number of ether oxygens (including phenoxy) is 1. The highest BCUT2D eigenvalue weighted by atomic mass is 32.1. The fourth-order valence-corrected chi connectivity index (χ4v) is 3.20. The van der Waals surface area contributed by atoms with E-state index in [1.165, 1.54) is 4.88 Å². The quantitative estimate of drug-likeness (QED) is 0.815. The van der Waals surface area contributed by atoms with Crippen LogP contribution in [-0.2, 0) is 9.53 Å². The average Bonchev–Trinajstić information content (AvgIpc) is 3.01. The van der Waals surface area contributed by atoms with E-state index in [2.05, 4.69) is 23.7 Å². The molecule has 1 amide bonds. The average molecular weight is 282 g/mol. The number of nitrogens with one attached hydrogen (secondary N) is 1. The molecular formula is C14H22N2O2S. The van der Waals surface area contributed by atoms with Crippen LogP contribution in [0, 0.1) is 0 Å². The van der Waals surface area contributed by atoms with E-state index in [9.17, 15) is 4.79 Å². The first kappa shape index (κ1) is 14.5. The van der Waals surface area contributed by atoms with E-state index < -0.39 is 5.54 Å². The van der Waals surface area contributed by atoms with Gasteiger partial charge in [0.2, 0.25) is 5.91 Å². The van der Waals surface area contributed by atoms with Gasteiger partial charge in [-0.1, -0.05) is 13.0 Å². The summed E-state index contributed by atoms with van der Waals surface area (Å²) in [5, 5.41) is 5.54. The van der Waals surface area contributed by atoms with Crippen molar-refractivity contribution < 1.29 is 9.53 Å². The number of hydrogen-bond donors (Lipinski definition) is 1. The molecule has 1 N–H and O–H groups in total. The lowest BCUT2D eigenvalue weighted by molar-refractivity contribution is -0.133. The van der Waals surface area contributed by atoms with E-state index in [0.717, 1.165) is 19.4 Å². The van der Waals surface area contributed by atoms with Crippen LogP contribution in [0.25, 0.3) is 0 Å². The summed E-state index contributed by atoms with van der Waals surface area (Å²) >= 11 is 1.69. The van der Waals surface area contributed by atoms with E-state index in [1.807, 2.05) is 17.9 Å². The van der Waals surface area contributed by atoms with Crippen LogP contribution in [0.2, 0.25) is 0 Å². The molecule has 1 saturated heterocycles. The molecule has 1 fully saturated rings. The Labute approximate surface area is 118 Å². The Morgan fingerprint density at radius 2 is 2.37 bits per heavy atom. The fourth-order valence-electron chi connectivity index (χ4n) is 2.41. The maximum atomic E-state index is 12.6. The summed E-state index contributed by atoms with van der Waals surface area (Å²) in [4.78, 5) is 15.7. The van der Waals surface area contributed by atoms with Gasteiger partial charge in [-0.15, -0.1) is 11.3 Å². The zero-order valence-electron chi connectivity index (χ0n) is 11.8. The molecule has 5 heteroatoms. The van der Waals surface area contributed by atoms with Crippen LogP contribution < -0.4 is 5.32 Å². The van der Waals surface area contributed by atoms with Crippen molar-refractivity contribution in [2.75, 3.05) is 20.3 Å². The molecule has 2 rings (SSSR count). The lowest BCUT2D eigenvalue weighted by atomic mass is 9.99. The maximum Gasteiger partial charge on any atom is 0.244 e. The second-order valence-electron chi connectivity index (χ2n) is 5.09. The maximum absolute atomic E-state index is 12.6. The SMILES string of the molecule is CCC1(C)NC(c2cccs2)N(CCCOC)C1=O. The summed E-state index contributed by atoms with van der Waals surface area (Å²) in [6.45, 7) is 5.46. The number of amides is 1. The highest BCUT2D eigenvalue weighted by Crippen LogP contribution is 2.34. The van der Waals surface area contributed by atoms with Crippen molar-refractivity contribution >= 4 is 17.2 Å². The number of nitrogens with zero attached hydrogens (tertiary/aromatic N) is 1. The summed E-state index contributed by atoms with van der Waals surface area (Å²) in [5.74, 6) is 0.199. The van der Waals surface area contributed by atoms with Crippen molar-refractivity contribution in [2.45, 2.75) is 38.4 Å². The minimum absolute atomic E-state index is 0.00862. The lowest BCUT2D eigenvalue weighted by Gasteiger charge is -2.23. The summed E-state index contributed by atoms with van der Waals surface area (Å²) < 4.78 is 5.09. The van der Waals surface area contributed by atoms with Crippen LogP contribution >= 0.6 is 11.3 Å². The molecule has 0 spiro atoms. The van der Waals surface area contributed by atoms with E-state index in [4.69, 9.17) is 4.74 Å². The summed E-state index contributed by atoms with van der Waals surface area (Å²) in [6.07, 6.45) is 1.68. The summed E-state index contributed by atoms with van der Waals surface area (Å²) in [5.41, 5.74) is -0.443. The predicted octanol–water partition coefficient (Wildman–Crippen LogP) is 2.38. The molecule has 0 saturated carbocycles. The molecule has 2 atom stereocenters. The molecule has 106 valence electrons. The molecule has 1 aromatic rings. The Balaban J connectivity index is 2.17. The van der Waals surface area contributed by atoms with Crippen molar-refractivity contribution in [1.29, 1.82) is 0 Å². The minimum atomic E-state index is -0.443. The summed E-state index contributed by atoms with van der Waals surface area (Å²) in [6, 6.07) is 4.11. The van der Waals surface area contributed by atoms with Crippen LogP contribution in [-0.4, -0.2) is 36.6 Å². The Morgan fingerprint density at radius 3 is 2.95 bits per heavy atom. The zero-order valence-corrected chi connectivity index (χ0v) is 12.6. The number of carbonyl (C=O) groups is 1. The first-order chi connectivity index (χ1) is 9.12. The Bertz CT molecular complexity index is 421. The summed E-state index contributed by atoms with van der Waals surface area (Å²) in [7, 11) is 1.69. The second-order valence-corrected chi connectivity index (χ2v) is 6.07. The van der Waals surface area contributed by atoms with Crippen LogP contribution in [0.15, 0.2) is 17.5 Å². The highest BCUT2D eigenvalue weighted by Gasteiger charge is 2.47. The third-order valence-electron chi connectivity index (χ3n) is 3.77. The molecule has 0 aliphatic carbocycles. The number of thiophene rings is 1. The lowest BCUT2D eigenvalue weighted by Crippen LogP contribution is -2.43. The minimum Gasteiger partial charge on any atom is -0.385 e. The fraction of sp³-hybridized carbons (Fsp3) is 0.643. The molecule has 0 radical (unpaired) electrons. The zero-order chi connectivity index (χ0) is 13.9. The van der Waals surface area contributed by atoms with Gasteiger partial charge in [-0.25, -0.2) is 0 Å². The topological polar surface area (TPSA) is 41.6 Å². The first-order valence-corrected chi connectivity index (χ1v) is 7.61. The second kappa shape index (κ2) is 6.03. The standard InChI is InChI=1S/C14H22N2O2S/c1-4-14(2)13(17)16(8-6-9-18-3)12(15-14)11-7-5-10-19-11/h5,7,10,12,15H,4,6,8-9H2,1-3H3. The van der Waals surface area contributed by atoms with Gasteiger partial charge in [-0.2, -0.15) is 0 Å². The smallest absolute Gasteiger partial charge is 0.244 e. The van der Waals surface area contributed by atoms with Crippen molar-refractivity contribution in [3.63, 3.8) is 0 Å². The van der Waals surface area contributed by atoms with Gasteiger partial charge in [-0.05, 0) is 31.2 Å². The van der Waals surface area contributed by atoms with Crippen molar-refractivity contribution in [2.24, 2.45) is 0 Å². The molecule has 1 aliphatic heterocycles. The normalized spacial score (nSPS) is 27.2. The molecule has 1 aromatic heterocycles. The number of methoxy groups -OCH3 is 1. The van der Waals surface area contributed by atoms with E-state index in [0.29, 0.717) is 6.61 Å². The van der Waals surface area contributed by atoms with Gasteiger partial charge in [0, 0.05) is 25.1 Å². The number of carbonyl (C=O) groups excluding carboxylic acids is 1. The molecule has 2 heterocycles. The van der Waals surface area contributed by atoms with Crippen molar-refractivity contribution in [3.8, 4) is 0 Å². The molecule has 19 heavy (non-hydrogen) atoms. The Kier molecular flexibility index (Phi) is 4.60. The van der Waals surface area contributed by atoms with Crippen LogP contribution in [0.3, 0.4) is 0 Å². The van der Waals surface area contributed by atoms with Gasteiger partial charge in [0.1, 0.15) is 6.17 Å². The van der Waals surface area contributed by atoms with Gasteiger partial charge < -0.3 is 9.64 Å². The molecule has 2 unspecified atom stereocenters. The third kappa shape index (κ3) is 2.83. The Morgan fingerprint density at radius 1 is 1.58 bits per heavy atom. The molecule has 0 aromatic carbocycles. The van der Waals surface area contributed by atoms with Crippen molar-refractivity contribution in [3.05, 3.63) is 22.4 Å². The van der Waals surface area contributed by atoms with E-state index >= 15 is 0 Å². The Hall–Kier alpha value is -0.910. The monoisotopic (exact) mass is 282 g/mol. The van der Waals surface area contributed by atoms with E-state index in [-0.39, 0.29) is 12.1 Å². The van der Waals surface area contributed by atoms with Crippen LogP contribution in [0.4, 0.5) is 0 Å². The predicted molar refractivity (Wildman–Crippen MR) is 77.1 cm³/mol. The van der Waals surface area contributed by atoms with Gasteiger partial charge in [0.15, 0.2) is 0 Å². The van der Waals surface area contributed by atoms with Gasteiger partial charge in [0.05, 0.1) is 5.54 Å². The van der Waals surface area contributed by atoms with Crippen molar-refractivity contribution in [1.82, 2.24) is 10.2 Å². The van der Waals surface area contributed by atoms with Gasteiger partial charge in [0.25, 0.3) is 0 Å². The van der Waals surface area contributed by atoms with E-state index in [1.54, 1.807) is 18.4 Å². The van der Waals surface area contributed by atoms with Gasteiger partial charge >= 0.3 is 0 Å². The highest BCUT2D eigenvalue weighted by molar-refractivity contribution is 7.10. The number of hydrogen-bond acceptors (Lipinski definition) is 4. The molecule has 4 nitrogen and oxygen atoms in total. The third-order valence-corrected chi connectivity index (χ3v) is 4.69. The largest absolute Gasteiger partial charge is 0.385 e.